The fourth-order valence-corrected chi connectivity index (χ4v) is 2.99. The Kier molecular flexibility index (Phi) is 6.41. The van der Waals surface area contributed by atoms with Crippen LogP contribution in [0.4, 0.5) is 5.69 Å². The summed E-state index contributed by atoms with van der Waals surface area (Å²) in [6.07, 6.45) is 0. The van der Waals surface area contributed by atoms with Crippen molar-refractivity contribution in [1.82, 2.24) is 4.90 Å². The standard InChI is InChI=1S/C21H22N2O7/c1-27-15-6-13(7-16(9-15)28-2)10-23(11-20(25)29-3)21(26)14-4-5-17-18(8-14)30-12-19(24)22-17/h4-9H,10-12H2,1-3H3,(H,22,24). The van der Waals surface area contributed by atoms with E-state index in [1.807, 2.05) is 0 Å². The Labute approximate surface area is 173 Å². The molecule has 0 fully saturated rings. The van der Waals surface area contributed by atoms with Crippen molar-refractivity contribution in [1.29, 1.82) is 0 Å². The highest BCUT2D eigenvalue weighted by Gasteiger charge is 2.23. The highest BCUT2D eigenvalue weighted by atomic mass is 16.5. The minimum Gasteiger partial charge on any atom is -0.497 e. The first-order chi connectivity index (χ1) is 14.4. The van der Waals surface area contributed by atoms with Gasteiger partial charge < -0.3 is 29.2 Å². The lowest BCUT2D eigenvalue weighted by Crippen LogP contribution is -2.36. The number of rotatable bonds is 7. The van der Waals surface area contributed by atoms with Crippen LogP contribution in [0.3, 0.4) is 0 Å². The van der Waals surface area contributed by atoms with E-state index in [9.17, 15) is 14.4 Å². The summed E-state index contributed by atoms with van der Waals surface area (Å²) in [7, 11) is 4.32. The normalized spacial score (nSPS) is 12.2. The molecule has 2 aromatic rings. The summed E-state index contributed by atoms with van der Waals surface area (Å²) in [6.45, 7) is -0.250. The van der Waals surface area contributed by atoms with Gasteiger partial charge in [-0.15, -0.1) is 0 Å². The molecule has 1 aliphatic heterocycles. The molecule has 0 saturated heterocycles. The van der Waals surface area contributed by atoms with Gasteiger partial charge in [0.25, 0.3) is 11.8 Å². The van der Waals surface area contributed by atoms with Gasteiger partial charge in [-0.25, -0.2) is 0 Å². The van der Waals surface area contributed by atoms with Gasteiger partial charge in [0.1, 0.15) is 23.8 Å². The Bertz CT molecular complexity index is 952. The van der Waals surface area contributed by atoms with Gasteiger partial charge in [0.15, 0.2) is 6.61 Å². The maximum atomic E-state index is 13.2. The number of hydrogen-bond donors (Lipinski definition) is 1. The first-order valence-electron chi connectivity index (χ1n) is 9.08. The van der Waals surface area contributed by atoms with Crippen molar-refractivity contribution >= 4 is 23.5 Å². The van der Waals surface area contributed by atoms with Crippen molar-refractivity contribution in [2.75, 3.05) is 39.8 Å². The monoisotopic (exact) mass is 414 g/mol. The molecule has 2 aromatic carbocycles. The highest BCUT2D eigenvalue weighted by molar-refractivity contribution is 5.99. The van der Waals surface area contributed by atoms with Crippen LogP contribution in [0.25, 0.3) is 0 Å². The maximum Gasteiger partial charge on any atom is 0.325 e. The number of carbonyl (C=O) groups is 3. The van der Waals surface area contributed by atoms with Gasteiger partial charge in [0, 0.05) is 18.2 Å². The van der Waals surface area contributed by atoms with Gasteiger partial charge in [0.2, 0.25) is 0 Å². The summed E-state index contributed by atoms with van der Waals surface area (Å²) in [5.41, 5.74) is 1.51. The second kappa shape index (κ2) is 9.17. The second-order valence-corrected chi connectivity index (χ2v) is 6.51. The SMILES string of the molecule is COC(=O)CN(Cc1cc(OC)cc(OC)c1)C(=O)c1ccc2c(c1)OCC(=O)N2. The molecule has 3 rings (SSSR count). The van der Waals surface area contributed by atoms with Gasteiger partial charge in [-0.2, -0.15) is 0 Å². The first kappa shape index (κ1) is 21.0. The number of hydrogen-bond acceptors (Lipinski definition) is 7. The van der Waals surface area contributed by atoms with E-state index in [4.69, 9.17) is 18.9 Å². The lowest BCUT2D eigenvalue weighted by Gasteiger charge is -2.23. The largest absolute Gasteiger partial charge is 0.497 e. The molecule has 0 radical (unpaired) electrons. The van der Waals surface area contributed by atoms with Crippen LogP contribution >= 0.6 is 0 Å². The Morgan fingerprint density at radius 2 is 1.77 bits per heavy atom. The molecule has 2 amide bonds. The molecule has 0 atom stereocenters. The van der Waals surface area contributed by atoms with E-state index in [0.29, 0.717) is 34.1 Å². The van der Waals surface area contributed by atoms with Crippen LogP contribution in [0.5, 0.6) is 17.2 Å². The molecular weight excluding hydrogens is 392 g/mol. The molecule has 0 spiro atoms. The van der Waals surface area contributed by atoms with Crippen LogP contribution in [0.2, 0.25) is 0 Å². The molecule has 1 N–H and O–H groups in total. The van der Waals surface area contributed by atoms with Gasteiger partial charge in [-0.3, -0.25) is 14.4 Å². The summed E-state index contributed by atoms with van der Waals surface area (Å²) in [5.74, 6) is 0.299. The predicted octanol–water partition coefficient (Wildman–Crippen LogP) is 1.85. The minimum atomic E-state index is -0.556. The molecule has 0 bridgehead atoms. The van der Waals surface area contributed by atoms with Gasteiger partial charge in [-0.1, -0.05) is 0 Å². The fourth-order valence-electron chi connectivity index (χ4n) is 2.99. The Morgan fingerprint density at radius 1 is 1.07 bits per heavy atom. The molecule has 1 heterocycles. The average molecular weight is 414 g/mol. The molecule has 0 saturated carbocycles. The fraction of sp³-hybridized carbons (Fsp3) is 0.286. The van der Waals surface area contributed by atoms with Crippen LogP contribution in [-0.4, -0.2) is 57.2 Å². The van der Waals surface area contributed by atoms with Crippen LogP contribution < -0.4 is 19.5 Å². The summed E-state index contributed by atoms with van der Waals surface area (Å²) < 4.78 is 20.7. The van der Waals surface area contributed by atoms with Gasteiger partial charge >= 0.3 is 5.97 Å². The number of nitrogens with one attached hydrogen (secondary N) is 1. The minimum absolute atomic E-state index is 0.121. The lowest BCUT2D eigenvalue weighted by atomic mass is 10.1. The summed E-state index contributed by atoms with van der Waals surface area (Å²) >= 11 is 0. The van der Waals surface area contributed by atoms with Crippen LogP contribution in [0.1, 0.15) is 15.9 Å². The Morgan fingerprint density at radius 3 is 2.40 bits per heavy atom. The summed E-state index contributed by atoms with van der Waals surface area (Å²) in [5, 5.41) is 2.67. The molecule has 0 unspecified atom stereocenters. The molecule has 9 heteroatoms. The lowest BCUT2D eigenvalue weighted by molar-refractivity contribution is -0.141. The number of benzene rings is 2. The van der Waals surface area contributed by atoms with Crippen molar-refractivity contribution in [3.8, 4) is 17.2 Å². The van der Waals surface area contributed by atoms with Gasteiger partial charge in [-0.05, 0) is 35.9 Å². The number of fused-ring (bicyclic) bond motifs is 1. The number of carbonyl (C=O) groups excluding carboxylic acids is 3. The molecular formula is C21H22N2O7. The van der Waals surface area contributed by atoms with E-state index in [2.05, 4.69) is 5.32 Å². The first-order valence-corrected chi connectivity index (χ1v) is 9.08. The molecule has 9 nitrogen and oxygen atoms in total. The van der Waals surface area contributed by atoms with Crippen molar-refractivity contribution in [3.63, 3.8) is 0 Å². The number of nitrogens with zero attached hydrogens (tertiary/aromatic N) is 1. The van der Waals surface area contributed by atoms with E-state index in [1.54, 1.807) is 30.3 Å². The van der Waals surface area contributed by atoms with Crippen molar-refractivity contribution < 1.29 is 33.3 Å². The molecule has 0 aromatic heterocycles. The van der Waals surface area contributed by atoms with E-state index < -0.39 is 11.9 Å². The second-order valence-electron chi connectivity index (χ2n) is 6.51. The van der Waals surface area contributed by atoms with Crippen molar-refractivity contribution in [2.45, 2.75) is 6.54 Å². The van der Waals surface area contributed by atoms with Crippen LogP contribution in [0, 0.1) is 0 Å². The molecule has 0 aliphatic carbocycles. The third-order valence-corrected chi connectivity index (χ3v) is 4.48. The van der Waals surface area contributed by atoms with E-state index in [1.165, 1.54) is 32.3 Å². The Balaban J connectivity index is 1.89. The number of anilines is 1. The molecule has 1 aliphatic rings. The van der Waals surface area contributed by atoms with Crippen LogP contribution in [0.15, 0.2) is 36.4 Å². The van der Waals surface area contributed by atoms with Crippen molar-refractivity contribution in [2.24, 2.45) is 0 Å². The summed E-state index contributed by atoms with van der Waals surface area (Å²) in [4.78, 5) is 37.9. The molecule has 158 valence electrons. The smallest absolute Gasteiger partial charge is 0.325 e. The highest BCUT2D eigenvalue weighted by Crippen LogP contribution is 2.29. The number of methoxy groups -OCH3 is 3. The van der Waals surface area contributed by atoms with Crippen LogP contribution in [-0.2, 0) is 20.9 Å². The van der Waals surface area contributed by atoms with Gasteiger partial charge in [0.05, 0.1) is 27.0 Å². The number of amides is 2. The number of ether oxygens (including phenoxy) is 4. The topological polar surface area (TPSA) is 103 Å². The van der Waals surface area contributed by atoms with E-state index in [-0.39, 0.29) is 25.6 Å². The Hall–Kier alpha value is -3.75. The third kappa shape index (κ3) is 4.80. The zero-order valence-electron chi connectivity index (χ0n) is 16.9. The summed E-state index contributed by atoms with van der Waals surface area (Å²) in [6, 6.07) is 9.91. The van der Waals surface area contributed by atoms with E-state index >= 15 is 0 Å². The zero-order valence-corrected chi connectivity index (χ0v) is 16.9. The molecule has 30 heavy (non-hydrogen) atoms. The predicted molar refractivity (Wildman–Crippen MR) is 107 cm³/mol. The quantitative estimate of drug-likeness (QED) is 0.690. The maximum absolute atomic E-state index is 13.2. The van der Waals surface area contributed by atoms with E-state index in [0.717, 1.165) is 0 Å². The number of esters is 1. The average Bonchev–Trinajstić information content (AvgIpc) is 2.77. The zero-order chi connectivity index (χ0) is 21.7. The van der Waals surface area contributed by atoms with Crippen molar-refractivity contribution in [3.05, 3.63) is 47.5 Å². The third-order valence-electron chi connectivity index (χ3n) is 4.48.